The van der Waals surface area contributed by atoms with E-state index in [-0.39, 0.29) is 17.9 Å². The summed E-state index contributed by atoms with van der Waals surface area (Å²) in [5, 5.41) is 12.1. The number of amides is 1. The molecule has 0 aliphatic heterocycles. The minimum atomic E-state index is -0.875. The number of pyridine rings is 1. The molecule has 2 rings (SSSR count). The number of nitrogens with one attached hydrogen (secondary N) is 1. The van der Waals surface area contributed by atoms with E-state index in [9.17, 15) is 14.7 Å². The molecule has 0 radical (unpaired) electrons. The van der Waals surface area contributed by atoms with E-state index in [0.717, 1.165) is 5.69 Å². The first-order chi connectivity index (χ1) is 9.49. The average molecular weight is 276 g/mol. The van der Waals surface area contributed by atoms with Crippen molar-refractivity contribution in [2.75, 3.05) is 0 Å². The molecule has 0 saturated heterocycles. The SMILES string of the molecule is CC1C[C@H](C(=O)N[C@H](C)c2ccccn2)[C@H](C(=O)O)C1. The standard InChI is InChI=1S/C15H20N2O3/c1-9-7-11(12(8-9)15(19)20)14(18)17-10(2)13-5-3-4-6-16-13/h3-6,9-12H,7-8H2,1-2H3,(H,17,18)(H,19,20)/t9?,10-,11+,12-/m1/s1. The van der Waals surface area contributed by atoms with Crippen molar-refractivity contribution in [1.82, 2.24) is 10.3 Å². The average Bonchev–Trinajstić information content (AvgIpc) is 2.82. The molecular formula is C15H20N2O3. The molecule has 1 aliphatic rings. The summed E-state index contributed by atoms with van der Waals surface area (Å²) in [5.74, 6) is -1.79. The van der Waals surface area contributed by atoms with E-state index in [1.165, 1.54) is 0 Å². The van der Waals surface area contributed by atoms with Crippen molar-refractivity contribution in [1.29, 1.82) is 0 Å². The second-order valence-corrected chi connectivity index (χ2v) is 5.61. The topological polar surface area (TPSA) is 79.3 Å². The third-order valence-electron chi connectivity index (χ3n) is 3.94. The van der Waals surface area contributed by atoms with Gasteiger partial charge in [-0.25, -0.2) is 0 Å². The lowest BCUT2D eigenvalue weighted by Gasteiger charge is -2.19. The number of hydrogen-bond acceptors (Lipinski definition) is 3. The molecule has 5 nitrogen and oxygen atoms in total. The maximum Gasteiger partial charge on any atom is 0.307 e. The van der Waals surface area contributed by atoms with Crippen LogP contribution in [-0.2, 0) is 9.59 Å². The number of carbonyl (C=O) groups excluding carboxylic acids is 1. The van der Waals surface area contributed by atoms with Crippen molar-refractivity contribution in [3.05, 3.63) is 30.1 Å². The molecule has 1 aliphatic carbocycles. The summed E-state index contributed by atoms with van der Waals surface area (Å²) in [6.45, 7) is 3.85. The van der Waals surface area contributed by atoms with Gasteiger partial charge in [-0.2, -0.15) is 0 Å². The van der Waals surface area contributed by atoms with Crippen molar-refractivity contribution >= 4 is 11.9 Å². The number of carboxylic acid groups (broad SMARTS) is 1. The zero-order chi connectivity index (χ0) is 14.7. The monoisotopic (exact) mass is 276 g/mol. The molecule has 1 fully saturated rings. The Balaban J connectivity index is 2.02. The van der Waals surface area contributed by atoms with Crippen molar-refractivity contribution < 1.29 is 14.7 Å². The van der Waals surface area contributed by atoms with Crippen LogP contribution in [0.1, 0.15) is 38.4 Å². The van der Waals surface area contributed by atoms with Crippen LogP contribution in [0.3, 0.4) is 0 Å². The van der Waals surface area contributed by atoms with Gasteiger partial charge >= 0.3 is 5.97 Å². The van der Waals surface area contributed by atoms with Crippen LogP contribution in [-0.4, -0.2) is 22.0 Å². The fourth-order valence-corrected chi connectivity index (χ4v) is 2.88. The highest BCUT2D eigenvalue weighted by atomic mass is 16.4. The van der Waals surface area contributed by atoms with Gasteiger partial charge in [0.1, 0.15) is 0 Å². The molecular weight excluding hydrogens is 256 g/mol. The fourth-order valence-electron chi connectivity index (χ4n) is 2.88. The van der Waals surface area contributed by atoms with Crippen molar-refractivity contribution in [2.45, 2.75) is 32.7 Å². The molecule has 108 valence electrons. The van der Waals surface area contributed by atoms with E-state index >= 15 is 0 Å². The van der Waals surface area contributed by atoms with Crippen LogP contribution < -0.4 is 5.32 Å². The summed E-state index contributed by atoms with van der Waals surface area (Å²) < 4.78 is 0. The molecule has 1 saturated carbocycles. The smallest absolute Gasteiger partial charge is 0.307 e. The zero-order valence-electron chi connectivity index (χ0n) is 11.7. The number of carbonyl (C=O) groups is 2. The Labute approximate surface area is 118 Å². The summed E-state index contributed by atoms with van der Waals surface area (Å²) in [6.07, 6.45) is 2.89. The van der Waals surface area contributed by atoms with Crippen molar-refractivity contribution in [3.8, 4) is 0 Å². The molecule has 5 heteroatoms. The molecule has 2 N–H and O–H groups in total. The predicted octanol–water partition coefficient (Wildman–Crippen LogP) is 2.01. The van der Waals surface area contributed by atoms with Gasteiger partial charge in [-0.15, -0.1) is 0 Å². The third kappa shape index (κ3) is 3.15. The first kappa shape index (κ1) is 14.5. The van der Waals surface area contributed by atoms with Crippen LogP contribution in [0.15, 0.2) is 24.4 Å². The van der Waals surface area contributed by atoms with Gasteiger partial charge in [-0.3, -0.25) is 14.6 Å². The third-order valence-corrected chi connectivity index (χ3v) is 3.94. The maximum atomic E-state index is 12.3. The number of hydrogen-bond donors (Lipinski definition) is 2. The molecule has 0 aromatic carbocycles. The lowest BCUT2D eigenvalue weighted by Crippen LogP contribution is -2.36. The normalized spacial score (nSPS) is 27.0. The minimum absolute atomic E-state index is 0.181. The Morgan fingerprint density at radius 2 is 2.05 bits per heavy atom. The van der Waals surface area contributed by atoms with Crippen LogP contribution in [0.2, 0.25) is 0 Å². The fraction of sp³-hybridized carbons (Fsp3) is 0.533. The predicted molar refractivity (Wildman–Crippen MR) is 73.8 cm³/mol. The van der Waals surface area contributed by atoms with Gasteiger partial charge in [0, 0.05) is 6.20 Å². The number of aliphatic carboxylic acids is 1. The molecule has 1 unspecified atom stereocenters. The number of rotatable bonds is 4. The summed E-state index contributed by atoms with van der Waals surface area (Å²) in [7, 11) is 0. The van der Waals surface area contributed by atoms with E-state index in [1.54, 1.807) is 6.20 Å². The Morgan fingerprint density at radius 1 is 1.35 bits per heavy atom. The molecule has 20 heavy (non-hydrogen) atoms. The molecule has 1 aromatic rings. The van der Waals surface area contributed by atoms with E-state index in [4.69, 9.17) is 0 Å². The number of carboxylic acids is 1. The van der Waals surface area contributed by atoms with Gasteiger partial charge in [0.25, 0.3) is 0 Å². The second-order valence-electron chi connectivity index (χ2n) is 5.61. The van der Waals surface area contributed by atoms with Gasteiger partial charge < -0.3 is 10.4 Å². The quantitative estimate of drug-likeness (QED) is 0.881. The summed E-state index contributed by atoms with van der Waals surface area (Å²) in [6, 6.07) is 5.31. The number of nitrogens with zero attached hydrogens (tertiary/aromatic N) is 1. The Bertz CT molecular complexity index is 489. The summed E-state index contributed by atoms with van der Waals surface area (Å²) in [5.41, 5.74) is 0.777. The maximum absolute atomic E-state index is 12.3. The Morgan fingerprint density at radius 3 is 2.65 bits per heavy atom. The largest absolute Gasteiger partial charge is 0.481 e. The second kappa shape index (κ2) is 6.03. The first-order valence-corrected chi connectivity index (χ1v) is 6.93. The van der Waals surface area contributed by atoms with Crippen LogP contribution in [0.4, 0.5) is 0 Å². The highest BCUT2D eigenvalue weighted by Gasteiger charge is 2.41. The summed E-state index contributed by atoms with van der Waals surface area (Å²) >= 11 is 0. The summed E-state index contributed by atoms with van der Waals surface area (Å²) in [4.78, 5) is 27.7. The Hall–Kier alpha value is -1.91. The first-order valence-electron chi connectivity index (χ1n) is 6.93. The van der Waals surface area contributed by atoms with E-state index in [1.807, 2.05) is 32.0 Å². The zero-order valence-corrected chi connectivity index (χ0v) is 11.7. The van der Waals surface area contributed by atoms with Gasteiger partial charge in [-0.1, -0.05) is 13.0 Å². The van der Waals surface area contributed by atoms with Crippen LogP contribution in [0.5, 0.6) is 0 Å². The van der Waals surface area contributed by atoms with E-state index in [2.05, 4.69) is 10.3 Å². The highest BCUT2D eigenvalue weighted by molar-refractivity contribution is 5.85. The van der Waals surface area contributed by atoms with Crippen LogP contribution >= 0.6 is 0 Å². The van der Waals surface area contributed by atoms with Gasteiger partial charge in [0.05, 0.1) is 23.6 Å². The van der Waals surface area contributed by atoms with E-state index in [0.29, 0.717) is 12.8 Å². The molecule has 1 aromatic heterocycles. The molecule has 0 bridgehead atoms. The lowest BCUT2D eigenvalue weighted by atomic mass is 9.95. The highest BCUT2D eigenvalue weighted by Crippen LogP contribution is 2.36. The molecule has 1 heterocycles. The van der Waals surface area contributed by atoms with E-state index < -0.39 is 17.8 Å². The number of aromatic nitrogens is 1. The molecule has 0 spiro atoms. The lowest BCUT2D eigenvalue weighted by molar-refractivity contribution is -0.146. The van der Waals surface area contributed by atoms with Crippen molar-refractivity contribution in [2.24, 2.45) is 17.8 Å². The minimum Gasteiger partial charge on any atom is -0.481 e. The van der Waals surface area contributed by atoms with Gasteiger partial charge in [0.15, 0.2) is 0 Å². The van der Waals surface area contributed by atoms with Gasteiger partial charge in [0.2, 0.25) is 5.91 Å². The van der Waals surface area contributed by atoms with Gasteiger partial charge in [-0.05, 0) is 37.8 Å². The van der Waals surface area contributed by atoms with Crippen LogP contribution in [0, 0.1) is 17.8 Å². The van der Waals surface area contributed by atoms with Crippen molar-refractivity contribution in [3.63, 3.8) is 0 Å². The molecule has 4 atom stereocenters. The Kier molecular flexibility index (Phi) is 4.37. The van der Waals surface area contributed by atoms with Crippen LogP contribution in [0.25, 0.3) is 0 Å². The molecule has 1 amide bonds.